The van der Waals surface area contributed by atoms with Gasteiger partial charge in [-0.3, -0.25) is 14.7 Å². The number of nitrogens with zero attached hydrogens (tertiary/aromatic N) is 2. The van der Waals surface area contributed by atoms with E-state index in [1.165, 1.54) is 6.21 Å². The zero-order chi connectivity index (χ0) is 13.4. The van der Waals surface area contributed by atoms with Gasteiger partial charge in [0.15, 0.2) is 11.6 Å². The monoisotopic (exact) mass is 253 g/mol. The van der Waals surface area contributed by atoms with Crippen molar-refractivity contribution in [2.24, 2.45) is 10.9 Å². The molecule has 0 spiro atoms. The zero-order valence-corrected chi connectivity index (χ0v) is 10.3. The normalized spacial score (nSPS) is 15.4. The number of carbonyl (C=O) groups excluding carboxylic acids is 2. The Labute approximate surface area is 109 Å². The molecule has 5 nitrogen and oxygen atoms in total. The van der Waals surface area contributed by atoms with Crippen LogP contribution in [0.4, 0.5) is 5.82 Å². The SMILES string of the molecule is Cc1cn[nH]c1N=CC1C(=O)c2ccccc2C1=O. The molecule has 1 N–H and O–H groups in total. The van der Waals surface area contributed by atoms with Crippen LogP contribution < -0.4 is 0 Å². The Morgan fingerprint density at radius 1 is 1.21 bits per heavy atom. The lowest BCUT2D eigenvalue weighted by Gasteiger charge is -1.97. The van der Waals surface area contributed by atoms with Crippen molar-refractivity contribution in [1.29, 1.82) is 0 Å². The molecule has 0 amide bonds. The number of hydrogen-bond acceptors (Lipinski definition) is 4. The maximum absolute atomic E-state index is 12.1. The summed E-state index contributed by atoms with van der Waals surface area (Å²) in [6.07, 6.45) is 3.03. The number of aliphatic imine (C=N–C) groups is 1. The van der Waals surface area contributed by atoms with E-state index in [0.717, 1.165) is 5.56 Å². The van der Waals surface area contributed by atoms with Crippen molar-refractivity contribution in [3.63, 3.8) is 0 Å². The van der Waals surface area contributed by atoms with Crippen LogP contribution in [0.5, 0.6) is 0 Å². The molecule has 5 heteroatoms. The third kappa shape index (κ3) is 1.79. The summed E-state index contributed by atoms with van der Waals surface area (Å²) in [5.74, 6) is -0.639. The summed E-state index contributed by atoms with van der Waals surface area (Å²) in [5.41, 5.74) is 1.82. The minimum atomic E-state index is -0.819. The molecule has 0 unspecified atom stereocenters. The Kier molecular flexibility index (Phi) is 2.59. The number of aryl methyl sites for hydroxylation is 1. The Balaban J connectivity index is 1.93. The van der Waals surface area contributed by atoms with Crippen LogP contribution in [0.25, 0.3) is 0 Å². The fourth-order valence-corrected chi connectivity index (χ4v) is 2.12. The minimum Gasteiger partial charge on any atom is -0.293 e. The van der Waals surface area contributed by atoms with Crippen molar-refractivity contribution in [2.75, 3.05) is 0 Å². The molecular formula is C14H11N3O2. The van der Waals surface area contributed by atoms with E-state index in [2.05, 4.69) is 15.2 Å². The molecule has 0 saturated carbocycles. The average molecular weight is 253 g/mol. The standard InChI is InChI=1S/C14H11N3O2/c1-8-6-16-17-14(8)15-7-11-12(18)9-4-2-3-5-10(9)13(11)19/h2-7,11H,1H3,(H,16,17). The zero-order valence-electron chi connectivity index (χ0n) is 10.3. The third-order valence-corrected chi connectivity index (χ3v) is 3.18. The summed E-state index contributed by atoms with van der Waals surface area (Å²) >= 11 is 0. The molecule has 0 saturated heterocycles. The maximum Gasteiger partial charge on any atom is 0.179 e. The number of aromatic amines is 1. The van der Waals surface area contributed by atoms with E-state index in [1.807, 2.05) is 6.92 Å². The van der Waals surface area contributed by atoms with Gasteiger partial charge in [-0.05, 0) is 6.92 Å². The first-order valence-corrected chi connectivity index (χ1v) is 5.90. The summed E-state index contributed by atoms with van der Waals surface area (Å²) in [4.78, 5) is 28.4. The molecule has 3 rings (SSSR count). The van der Waals surface area contributed by atoms with Crippen LogP contribution in [0, 0.1) is 12.8 Å². The number of fused-ring (bicyclic) bond motifs is 1. The molecule has 1 aliphatic rings. The molecule has 19 heavy (non-hydrogen) atoms. The molecule has 1 aliphatic carbocycles. The van der Waals surface area contributed by atoms with E-state index in [0.29, 0.717) is 16.9 Å². The van der Waals surface area contributed by atoms with E-state index >= 15 is 0 Å². The Morgan fingerprint density at radius 2 is 1.84 bits per heavy atom. The molecule has 0 fully saturated rings. The molecule has 1 heterocycles. The van der Waals surface area contributed by atoms with E-state index in [1.54, 1.807) is 30.5 Å². The van der Waals surface area contributed by atoms with Gasteiger partial charge in [-0.2, -0.15) is 5.10 Å². The van der Waals surface area contributed by atoms with Gasteiger partial charge < -0.3 is 0 Å². The number of nitrogens with one attached hydrogen (secondary N) is 1. The predicted octanol–water partition coefficient (Wildman–Crippen LogP) is 2.12. The quantitative estimate of drug-likeness (QED) is 0.658. The molecule has 0 radical (unpaired) electrons. The van der Waals surface area contributed by atoms with Crippen LogP contribution in [0.2, 0.25) is 0 Å². The van der Waals surface area contributed by atoms with Crippen molar-refractivity contribution in [3.05, 3.63) is 47.2 Å². The highest BCUT2D eigenvalue weighted by molar-refractivity contribution is 6.33. The third-order valence-electron chi connectivity index (χ3n) is 3.18. The number of Topliss-reactive ketones (excluding diaryl/α,β-unsaturated/α-hetero) is 2. The number of aromatic nitrogens is 2. The second-order valence-corrected chi connectivity index (χ2v) is 4.43. The Hall–Kier alpha value is -2.56. The number of carbonyl (C=O) groups is 2. The molecular weight excluding hydrogens is 242 g/mol. The summed E-state index contributed by atoms with van der Waals surface area (Å²) in [5, 5.41) is 6.55. The van der Waals surface area contributed by atoms with Crippen molar-refractivity contribution in [2.45, 2.75) is 6.92 Å². The number of rotatable bonds is 2. The number of hydrogen-bond donors (Lipinski definition) is 1. The highest BCUT2D eigenvalue weighted by Crippen LogP contribution is 2.26. The number of benzene rings is 1. The second-order valence-electron chi connectivity index (χ2n) is 4.43. The molecule has 94 valence electrons. The summed E-state index contributed by atoms with van der Waals surface area (Å²) in [6.45, 7) is 1.85. The van der Waals surface area contributed by atoms with Crippen molar-refractivity contribution >= 4 is 23.6 Å². The average Bonchev–Trinajstić information content (AvgIpc) is 2.93. The molecule has 2 aromatic rings. The van der Waals surface area contributed by atoms with Crippen LogP contribution >= 0.6 is 0 Å². The first kappa shape index (κ1) is 11.5. The summed E-state index contributed by atoms with van der Waals surface area (Å²) < 4.78 is 0. The maximum atomic E-state index is 12.1. The largest absolute Gasteiger partial charge is 0.293 e. The number of ketones is 2. The van der Waals surface area contributed by atoms with Crippen molar-refractivity contribution < 1.29 is 9.59 Å². The van der Waals surface area contributed by atoms with Gasteiger partial charge >= 0.3 is 0 Å². The second kappa shape index (κ2) is 4.28. The lowest BCUT2D eigenvalue weighted by Crippen LogP contribution is -2.16. The van der Waals surface area contributed by atoms with Crippen molar-refractivity contribution in [3.8, 4) is 0 Å². The van der Waals surface area contributed by atoms with Crippen LogP contribution in [0.15, 0.2) is 35.5 Å². The van der Waals surface area contributed by atoms with Gasteiger partial charge in [0.2, 0.25) is 0 Å². The highest BCUT2D eigenvalue weighted by Gasteiger charge is 2.36. The lowest BCUT2D eigenvalue weighted by atomic mass is 10.1. The molecule has 0 aliphatic heterocycles. The fourth-order valence-electron chi connectivity index (χ4n) is 2.12. The van der Waals surface area contributed by atoms with E-state index < -0.39 is 5.92 Å². The van der Waals surface area contributed by atoms with Gasteiger partial charge in [-0.15, -0.1) is 0 Å². The first-order chi connectivity index (χ1) is 9.18. The fraction of sp³-hybridized carbons (Fsp3) is 0.143. The predicted molar refractivity (Wildman–Crippen MR) is 70.1 cm³/mol. The van der Waals surface area contributed by atoms with Gasteiger partial charge in [-0.25, -0.2) is 4.99 Å². The van der Waals surface area contributed by atoms with Crippen LogP contribution in [-0.2, 0) is 0 Å². The van der Waals surface area contributed by atoms with Crippen molar-refractivity contribution in [1.82, 2.24) is 10.2 Å². The van der Waals surface area contributed by atoms with Gasteiger partial charge in [0.25, 0.3) is 0 Å². The lowest BCUT2D eigenvalue weighted by molar-refractivity contribution is 0.0886. The van der Waals surface area contributed by atoms with Crippen LogP contribution in [0.1, 0.15) is 26.3 Å². The van der Waals surface area contributed by atoms with E-state index in [4.69, 9.17) is 0 Å². The Morgan fingerprint density at radius 3 is 2.37 bits per heavy atom. The van der Waals surface area contributed by atoms with Gasteiger partial charge in [0.1, 0.15) is 11.7 Å². The van der Waals surface area contributed by atoms with Gasteiger partial charge in [-0.1, -0.05) is 24.3 Å². The highest BCUT2D eigenvalue weighted by atomic mass is 16.2. The molecule has 1 aromatic carbocycles. The topological polar surface area (TPSA) is 75.2 Å². The summed E-state index contributed by atoms with van der Waals surface area (Å²) in [6, 6.07) is 6.85. The number of H-pyrrole nitrogens is 1. The Bertz CT molecular complexity index is 665. The van der Waals surface area contributed by atoms with Crippen LogP contribution in [-0.4, -0.2) is 28.0 Å². The molecule has 1 aromatic heterocycles. The minimum absolute atomic E-state index is 0.193. The van der Waals surface area contributed by atoms with E-state index in [-0.39, 0.29) is 11.6 Å². The summed E-state index contributed by atoms with van der Waals surface area (Å²) in [7, 11) is 0. The first-order valence-electron chi connectivity index (χ1n) is 5.90. The van der Waals surface area contributed by atoms with Gasteiger partial charge in [0, 0.05) is 22.9 Å². The van der Waals surface area contributed by atoms with E-state index in [9.17, 15) is 9.59 Å². The van der Waals surface area contributed by atoms with Crippen LogP contribution in [0.3, 0.4) is 0 Å². The molecule has 0 bridgehead atoms. The smallest absolute Gasteiger partial charge is 0.179 e. The van der Waals surface area contributed by atoms with Gasteiger partial charge in [0.05, 0.1) is 6.20 Å². The molecule has 0 atom stereocenters.